The third kappa shape index (κ3) is 6.11. The molecule has 1 aliphatic heterocycles. The predicted octanol–water partition coefficient (Wildman–Crippen LogP) is 4.43. The molecule has 38 heavy (non-hydrogen) atoms. The van der Waals surface area contributed by atoms with Gasteiger partial charge in [-0.25, -0.2) is 12.8 Å². The first-order valence-electron chi connectivity index (χ1n) is 12.3. The van der Waals surface area contributed by atoms with E-state index >= 15 is 0 Å². The van der Waals surface area contributed by atoms with E-state index in [9.17, 15) is 12.8 Å². The molecule has 0 atom stereocenters. The number of halogens is 1. The molecule has 0 bridgehead atoms. The van der Waals surface area contributed by atoms with Crippen molar-refractivity contribution in [2.45, 2.75) is 18.0 Å². The van der Waals surface area contributed by atoms with Gasteiger partial charge in [-0.3, -0.25) is 19.4 Å². The van der Waals surface area contributed by atoms with E-state index in [0.717, 1.165) is 24.0 Å². The second-order valence-corrected chi connectivity index (χ2v) is 10.7. The molecule has 1 saturated heterocycles. The van der Waals surface area contributed by atoms with Crippen molar-refractivity contribution in [2.75, 3.05) is 38.0 Å². The monoisotopic (exact) mass is 536 g/mol. The summed E-state index contributed by atoms with van der Waals surface area (Å²) in [6, 6.07) is 20.7. The number of anilines is 1. The third-order valence-corrected chi connectivity index (χ3v) is 7.90. The van der Waals surface area contributed by atoms with Gasteiger partial charge in [-0.15, -0.1) is 0 Å². The Morgan fingerprint density at radius 3 is 2.47 bits per heavy atom. The van der Waals surface area contributed by atoms with Crippen LogP contribution < -0.4 is 9.46 Å². The number of hydroxylamine groups is 2. The largest absolute Gasteiger partial charge is 0.497 e. The van der Waals surface area contributed by atoms with Crippen LogP contribution in [0.4, 0.5) is 10.1 Å². The van der Waals surface area contributed by atoms with Gasteiger partial charge >= 0.3 is 0 Å². The van der Waals surface area contributed by atoms with Crippen molar-refractivity contribution in [3.05, 3.63) is 95.9 Å². The van der Waals surface area contributed by atoms with Gasteiger partial charge in [0.15, 0.2) is 0 Å². The summed E-state index contributed by atoms with van der Waals surface area (Å²) in [6.45, 7) is 3.83. The van der Waals surface area contributed by atoms with E-state index in [2.05, 4.69) is 14.6 Å². The van der Waals surface area contributed by atoms with Gasteiger partial charge in [0, 0.05) is 61.6 Å². The Hall–Kier alpha value is -3.57. The highest BCUT2D eigenvalue weighted by atomic mass is 32.2. The SMILES string of the molecule is COc1ccc(CN2CCN(OCc3ccc(NS(=O)(=O)c4cccc5cccnc45)cc3)CC2)c(F)c1. The number of para-hydroxylation sites is 1. The van der Waals surface area contributed by atoms with Crippen LogP contribution in [0.25, 0.3) is 10.9 Å². The summed E-state index contributed by atoms with van der Waals surface area (Å²) in [6.07, 6.45) is 1.58. The summed E-state index contributed by atoms with van der Waals surface area (Å²) < 4.78 is 48.0. The smallest absolute Gasteiger partial charge is 0.264 e. The lowest BCUT2D eigenvalue weighted by Gasteiger charge is -2.34. The van der Waals surface area contributed by atoms with E-state index in [1.165, 1.54) is 13.2 Å². The molecule has 1 N–H and O–H groups in total. The average Bonchev–Trinajstić information content (AvgIpc) is 2.94. The van der Waals surface area contributed by atoms with Crippen LogP contribution in [-0.4, -0.2) is 56.7 Å². The summed E-state index contributed by atoms with van der Waals surface area (Å²) in [5.74, 6) is 0.250. The molecule has 0 unspecified atom stereocenters. The minimum absolute atomic E-state index is 0.136. The van der Waals surface area contributed by atoms with Gasteiger partial charge in [0.2, 0.25) is 0 Å². The molecular weight excluding hydrogens is 507 g/mol. The van der Waals surface area contributed by atoms with Crippen LogP contribution in [0.5, 0.6) is 5.75 Å². The quantitative estimate of drug-likeness (QED) is 0.339. The van der Waals surface area contributed by atoms with E-state index in [-0.39, 0.29) is 10.7 Å². The summed E-state index contributed by atoms with van der Waals surface area (Å²) >= 11 is 0. The number of piperazine rings is 1. The molecule has 0 radical (unpaired) electrons. The molecule has 2 heterocycles. The number of rotatable bonds is 9. The van der Waals surface area contributed by atoms with Gasteiger partial charge in [0.05, 0.1) is 19.2 Å². The highest BCUT2D eigenvalue weighted by Crippen LogP contribution is 2.24. The molecule has 5 rings (SSSR count). The number of hydrogen-bond acceptors (Lipinski definition) is 7. The third-order valence-electron chi connectivity index (χ3n) is 6.49. The molecule has 0 amide bonds. The zero-order valence-electron chi connectivity index (χ0n) is 21.0. The highest BCUT2D eigenvalue weighted by molar-refractivity contribution is 7.93. The number of fused-ring (bicyclic) bond motifs is 1. The predicted molar refractivity (Wildman–Crippen MR) is 144 cm³/mol. The maximum absolute atomic E-state index is 14.3. The lowest BCUT2D eigenvalue weighted by Crippen LogP contribution is -2.45. The van der Waals surface area contributed by atoms with Crippen LogP contribution in [0.2, 0.25) is 0 Å². The van der Waals surface area contributed by atoms with Crippen molar-refractivity contribution < 1.29 is 22.4 Å². The van der Waals surface area contributed by atoms with Crippen LogP contribution in [0.1, 0.15) is 11.1 Å². The van der Waals surface area contributed by atoms with Gasteiger partial charge < -0.3 is 4.74 Å². The number of benzene rings is 3. The van der Waals surface area contributed by atoms with Crippen molar-refractivity contribution in [3.8, 4) is 5.75 Å². The van der Waals surface area contributed by atoms with E-state index < -0.39 is 10.0 Å². The Bertz CT molecular complexity index is 1500. The summed E-state index contributed by atoms with van der Waals surface area (Å²) in [4.78, 5) is 12.5. The Balaban J connectivity index is 1.12. The van der Waals surface area contributed by atoms with Crippen molar-refractivity contribution >= 4 is 26.6 Å². The number of ether oxygens (including phenoxy) is 1. The molecule has 4 aromatic rings. The number of methoxy groups -OCH3 is 1. The number of aromatic nitrogens is 1. The molecule has 1 aliphatic rings. The molecule has 0 aliphatic carbocycles. The second kappa shape index (κ2) is 11.4. The van der Waals surface area contributed by atoms with Gasteiger partial charge in [0.1, 0.15) is 16.5 Å². The molecule has 0 saturated carbocycles. The van der Waals surface area contributed by atoms with E-state index in [1.807, 2.05) is 29.3 Å². The van der Waals surface area contributed by atoms with E-state index in [4.69, 9.17) is 9.57 Å². The molecule has 3 aromatic carbocycles. The normalized spacial score (nSPS) is 15.0. The lowest BCUT2D eigenvalue weighted by atomic mass is 10.2. The summed E-state index contributed by atoms with van der Waals surface area (Å²) in [5, 5.41) is 2.67. The van der Waals surface area contributed by atoms with Gasteiger partial charge in [-0.2, -0.15) is 5.06 Å². The Kier molecular flexibility index (Phi) is 7.85. The van der Waals surface area contributed by atoms with Crippen LogP contribution >= 0.6 is 0 Å². The number of nitrogens with zero attached hydrogens (tertiary/aromatic N) is 3. The number of nitrogens with one attached hydrogen (secondary N) is 1. The molecule has 8 nitrogen and oxygen atoms in total. The minimum atomic E-state index is -3.80. The fourth-order valence-corrected chi connectivity index (χ4v) is 5.62. The van der Waals surface area contributed by atoms with Gasteiger partial charge in [-0.05, 0) is 35.9 Å². The molecule has 1 aromatic heterocycles. The summed E-state index contributed by atoms with van der Waals surface area (Å²) in [5.41, 5.74) is 2.46. The zero-order chi connectivity index (χ0) is 26.5. The lowest BCUT2D eigenvalue weighted by molar-refractivity contribution is -0.186. The fraction of sp³-hybridized carbons (Fsp3) is 0.250. The van der Waals surface area contributed by atoms with Gasteiger partial charge in [0.25, 0.3) is 10.0 Å². The fourth-order valence-electron chi connectivity index (χ4n) is 4.38. The van der Waals surface area contributed by atoms with Crippen LogP contribution in [0, 0.1) is 5.82 Å². The van der Waals surface area contributed by atoms with E-state index in [0.29, 0.717) is 48.8 Å². The zero-order valence-corrected chi connectivity index (χ0v) is 21.8. The minimum Gasteiger partial charge on any atom is -0.497 e. The number of hydrogen-bond donors (Lipinski definition) is 1. The first kappa shape index (κ1) is 26.1. The molecular formula is C28H29FN4O4S. The van der Waals surface area contributed by atoms with Crippen molar-refractivity contribution in [2.24, 2.45) is 0 Å². The molecule has 10 heteroatoms. The van der Waals surface area contributed by atoms with Crippen LogP contribution in [0.3, 0.4) is 0 Å². The van der Waals surface area contributed by atoms with E-state index in [1.54, 1.807) is 48.7 Å². The Labute approximate surface area is 221 Å². The molecule has 198 valence electrons. The Morgan fingerprint density at radius 1 is 0.974 bits per heavy atom. The molecule has 0 spiro atoms. The maximum atomic E-state index is 14.3. The van der Waals surface area contributed by atoms with Crippen molar-refractivity contribution in [1.29, 1.82) is 0 Å². The second-order valence-electron chi connectivity index (χ2n) is 9.07. The van der Waals surface area contributed by atoms with Crippen LogP contribution in [0.15, 0.2) is 83.9 Å². The number of sulfonamides is 1. The van der Waals surface area contributed by atoms with Crippen molar-refractivity contribution in [1.82, 2.24) is 14.9 Å². The highest BCUT2D eigenvalue weighted by Gasteiger charge is 2.20. The number of pyridine rings is 1. The average molecular weight is 537 g/mol. The van der Waals surface area contributed by atoms with Crippen molar-refractivity contribution in [3.63, 3.8) is 0 Å². The summed E-state index contributed by atoms with van der Waals surface area (Å²) in [7, 11) is -2.28. The first-order valence-corrected chi connectivity index (χ1v) is 13.8. The van der Waals surface area contributed by atoms with Crippen LogP contribution in [-0.2, 0) is 28.0 Å². The van der Waals surface area contributed by atoms with Gasteiger partial charge in [-0.1, -0.05) is 36.4 Å². The molecule has 1 fully saturated rings. The topological polar surface area (TPSA) is 84.0 Å². The first-order chi connectivity index (χ1) is 18.4. The standard InChI is InChI=1S/C28H29FN4O4S/c1-36-25-12-9-23(26(29)18-25)19-32-14-16-33(17-15-32)37-20-21-7-10-24(11-8-21)31-38(34,35)27-6-2-4-22-5-3-13-30-28(22)27/h2-13,18,31H,14-17,19-20H2,1H3. The Morgan fingerprint density at radius 2 is 1.74 bits per heavy atom. The maximum Gasteiger partial charge on any atom is 0.264 e.